The highest BCUT2D eigenvalue weighted by molar-refractivity contribution is 7.22. The Morgan fingerprint density at radius 3 is 2.62 bits per heavy atom. The minimum atomic E-state index is -0.528. The molecular weight excluding hydrogens is 354 g/mol. The third-order valence-corrected chi connectivity index (χ3v) is 4.65. The van der Waals surface area contributed by atoms with Crippen LogP contribution in [0.4, 0.5) is 10.8 Å². The molecular formula is C18H15N3O4S. The zero-order valence-corrected chi connectivity index (χ0v) is 14.9. The molecule has 0 N–H and O–H groups in total. The highest BCUT2D eigenvalue weighted by Gasteiger charge is 2.08. The van der Waals surface area contributed by atoms with Gasteiger partial charge in [-0.3, -0.25) is 10.1 Å². The molecule has 7 nitrogen and oxygen atoms in total. The van der Waals surface area contributed by atoms with Crippen LogP contribution in [0.5, 0.6) is 5.75 Å². The number of nitrogens with zero attached hydrogens (tertiary/aromatic N) is 3. The van der Waals surface area contributed by atoms with Crippen molar-refractivity contribution in [3.8, 4) is 5.75 Å². The first kappa shape index (κ1) is 17.6. The molecule has 0 saturated heterocycles. The molecule has 0 aliphatic rings. The van der Waals surface area contributed by atoms with Crippen LogP contribution in [0.2, 0.25) is 0 Å². The summed E-state index contributed by atoms with van der Waals surface area (Å²) in [7, 11) is 3.84. The van der Waals surface area contributed by atoms with Crippen LogP contribution in [-0.2, 0) is 4.79 Å². The standard InChI is InChI=1S/C18H15N3O4S/c1-20(2)18-19-15-9-8-14(11-16(15)26-18)25-17(22)10-5-12-3-6-13(7-4-12)21(23)24/h3-11H,1-2H3/b10-5-. The minimum Gasteiger partial charge on any atom is -0.423 e. The fourth-order valence-corrected chi connectivity index (χ4v) is 3.09. The lowest BCUT2D eigenvalue weighted by Gasteiger charge is -2.04. The zero-order valence-electron chi connectivity index (χ0n) is 14.1. The predicted molar refractivity (Wildman–Crippen MR) is 102 cm³/mol. The van der Waals surface area contributed by atoms with E-state index in [9.17, 15) is 14.9 Å². The van der Waals surface area contributed by atoms with Crippen molar-refractivity contribution in [3.63, 3.8) is 0 Å². The molecule has 0 fully saturated rings. The molecule has 0 aliphatic carbocycles. The number of rotatable bonds is 5. The first-order valence-corrected chi connectivity index (χ1v) is 8.46. The van der Waals surface area contributed by atoms with Crippen LogP contribution in [0.3, 0.4) is 0 Å². The van der Waals surface area contributed by atoms with Crippen LogP contribution < -0.4 is 9.64 Å². The lowest BCUT2D eigenvalue weighted by molar-refractivity contribution is -0.384. The van der Waals surface area contributed by atoms with E-state index in [0.29, 0.717) is 11.3 Å². The Balaban J connectivity index is 1.69. The van der Waals surface area contributed by atoms with Gasteiger partial charge in [0.2, 0.25) is 0 Å². The molecule has 3 rings (SSSR count). The third-order valence-electron chi connectivity index (χ3n) is 3.47. The highest BCUT2D eigenvalue weighted by Crippen LogP contribution is 2.30. The van der Waals surface area contributed by atoms with Crippen molar-refractivity contribution >= 4 is 44.4 Å². The molecule has 0 amide bonds. The molecule has 132 valence electrons. The van der Waals surface area contributed by atoms with Crippen LogP contribution >= 0.6 is 11.3 Å². The van der Waals surface area contributed by atoms with Crippen molar-refractivity contribution in [3.05, 3.63) is 64.2 Å². The lowest BCUT2D eigenvalue weighted by atomic mass is 10.2. The third kappa shape index (κ3) is 4.04. The molecule has 0 unspecified atom stereocenters. The number of fused-ring (bicyclic) bond motifs is 1. The van der Waals surface area contributed by atoms with Crippen LogP contribution in [-0.4, -0.2) is 30.0 Å². The summed E-state index contributed by atoms with van der Waals surface area (Å²) in [5.41, 5.74) is 1.51. The molecule has 1 heterocycles. The number of hydrogen-bond acceptors (Lipinski definition) is 7. The van der Waals surface area contributed by atoms with E-state index in [1.54, 1.807) is 30.3 Å². The number of aromatic nitrogens is 1. The molecule has 0 atom stereocenters. The molecule has 0 bridgehead atoms. The molecule has 3 aromatic rings. The van der Waals surface area contributed by atoms with Crippen LogP contribution in [0.1, 0.15) is 5.56 Å². The maximum Gasteiger partial charge on any atom is 0.336 e. The van der Waals surface area contributed by atoms with E-state index >= 15 is 0 Å². The molecule has 0 saturated carbocycles. The topological polar surface area (TPSA) is 85.6 Å². The average Bonchev–Trinajstić information content (AvgIpc) is 3.04. The van der Waals surface area contributed by atoms with Crippen LogP contribution in [0.25, 0.3) is 16.3 Å². The van der Waals surface area contributed by atoms with E-state index in [1.807, 2.05) is 25.1 Å². The van der Waals surface area contributed by atoms with Gasteiger partial charge in [0, 0.05) is 38.4 Å². The Morgan fingerprint density at radius 1 is 1.23 bits per heavy atom. The Hall–Kier alpha value is -3.26. The van der Waals surface area contributed by atoms with Gasteiger partial charge in [0.25, 0.3) is 5.69 Å². The number of ether oxygens (including phenoxy) is 1. The van der Waals surface area contributed by atoms with Crippen molar-refractivity contribution < 1.29 is 14.5 Å². The number of esters is 1. The van der Waals surface area contributed by atoms with E-state index in [4.69, 9.17) is 4.74 Å². The fourth-order valence-electron chi connectivity index (χ4n) is 2.17. The summed E-state index contributed by atoms with van der Waals surface area (Å²) in [5.74, 6) is -0.0927. The number of carbonyl (C=O) groups is 1. The Morgan fingerprint density at radius 2 is 1.96 bits per heavy atom. The largest absolute Gasteiger partial charge is 0.423 e. The van der Waals surface area contributed by atoms with E-state index in [2.05, 4.69) is 4.98 Å². The van der Waals surface area contributed by atoms with Gasteiger partial charge in [-0.15, -0.1) is 0 Å². The maximum absolute atomic E-state index is 12.0. The van der Waals surface area contributed by atoms with Gasteiger partial charge >= 0.3 is 5.97 Å². The summed E-state index contributed by atoms with van der Waals surface area (Å²) in [4.78, 5) is 28.5. The molecule has 0 aliphatic heterocycles. The van der Waals surface area contributed by atoms with Crippen molar-refractivity contribution in [2.45, 2.75) is 0 Å². The summed E-state index contributed by atoms with van der Waals surface area (Å²) in [6.07, 6.45) is 2.82. The average molecular weight is 369 g/mol. The minimum absolute atomic E-state index is 0.000296. The molecule has 26 heavy (non-hydrogen) atoms. The second-order valence-corrected chi connectivity index (χ2v) is 6.63. The Labute approximate surface area is 153 Å². The number of benzene rings is 2. The summed E-state index contributed by atoms with van der Waals surface area (Å²) >= 11 is 1.51. The van der Waals surface area contributed by atoms with E-state index in [0.717, 1.165) is 15.3 Å². The Kier molecular flexibility index (Phi) is 4.94. The second-order valence-electron chi connectivity index (χ2n) is 5.62. The maximum atomic E-state index is 12.0. The molecule has 0 spiro atoms. The van der Waals surface area contributed by atoms with Crippen molar-refractivity contribution in [1.82, 2.24) is 4.98 Å². The van der Waals surface area contributed by atoms with Gasteiger partial charge < -0.3 is 9.64 Å². The predicted octanol–water partition coefficient (Wildman–Crippen LogP) is 3.89. The van der Waals surface area contributed by atoms with Gasteiger partial charge in [-0.1, -0.05) is 11.3 Å². The number of hydrogen-bond donors (Lipinski definition) is 0. The number of nitro groups is 1. The number of carbonyl (C=O) groups excluding carboxylic acids is 1. The summed E-state index contributed by atoms with van der Waals surface area (Å²) in [6.45, 7) is 0. The fraction of sp³-hybridized carbons (Fsp3) is 0.111. The summed E-state index contributed by atoms with van der Waals surface area (Å²) in [6, 6.07) is 11.2. The van der Waals surface area contributed by atoms with Gasteiger partial charge in [-0.2, -0.15) is 0 Å². The number of nitro benzene ring substituents is 1. The smallest absolute Gasteiger partial charge is 0.336 e. The van der Waals surface area contributed by atoms with Crippen molar-refractivity contribution in [1.29, 1.82) is 0 Å². The van der Waals surface area contributed by atoms with Crippen LogP contribution in [0.15, 0.2) is 48.5 Å². The van der Waals surface area contributed by atoms with E-state index in [1.165, 1.54) is 29.5 Å². The number of thiazole rings is 1. The molecule has 8 heteroatoms. The monoisotopic (exact) mass is 369 g/mol. The lowest BCUT2D eigenvalue weighted by Crippen LogP contribution is -2.07. The zero-order chi connectivity index (χ0) is 18.7. The SMILES string of the molecule is CN(C)c1nc2ccc(OC(=O)/C=C\c3ccc([N+](=O)[O-])cc3)cc2s1. The van der Waals surface area contributed by atoms with Crippen molar-refractivity contribution in [2.24, 2.45) is 0 Å². The quantitative estimate of drug-likeness (QED) is 0.223. The van der Waals surface area contributed by atoms with Gasteiger partial charge in [-0.05, 0) is 35.9 Å². The van der Waals surface area contributed by atoms with E-state index < -0.39 is 10.9 Å². The van der Waals surface area contributed by atoms with Gasteiger partial charge in [0.05, 0.1) is 15.1 Å². The van der Waals surface area contributed by atoms with Gasteiger partial charge in [0.1, 0.15) is 5.75 Å². The number of non-ortho nitro benzene ring substituents is 1. The summed E-state index contributed by atoms with van der Waals surface area (Å²) in [5, 5.41) is 11.5. The molecule has 2 aromatic carbocycles. The Bertz CT molecular complexity index is 993. The van der Waals surface area contributed by atoms with Gasteiger partial charge in [-0.25, -0.2) is 9.78 Å². The molecule has 1 aromatic heterocycles. The van der Waals surface area contributed by atoms with Crippen LogP contribution in [0, 0.1) is 10.1 Å². The highest BCUT2D eigenvalue weighted by atomic mass is 32.1. The van der Waals surface area contributed by atoms with E-state index in [-0.39, 0.29) is 5.69 Å². The second kappa shape index (κ2) is 7.32. The normalized spacial score (nSPS) is 11.0. The first-order chi connectivity index (χ1) is 12.4. The first-order valence-electron chi connectivity index (χ1n) is 7.64. The van der Waals surface area contributed by atoms with Gasteiger partial charge in [0.15, 0.2) is 5.13 Å². The molecule has 0 radical (unpaired) electrons. The number of anilines is 1. The summed E-state index contributed by atoms with van der Waals surface area (Å²) < 4.78 is 6.24. The van der Waals surface area contributed by atoms with Crippen molar-refractivity contribution in [2.75, 3.05) is 19.0 Å².